The number of alkyl carbamates (subject to hydrolysis) is 1. The third-order valence-corrected chi connectivity index (χ3v) is 8.90. The molecule has 2 bridgehead atoms. The zero-order valence-electron chi connectivity index (χ0n) is 19.7. The summed E-state index contributed by atoms with van der Waals surface area (Å²) in [5.41, 5.74) is 2.85. The fourth-order valence-corrected chi connectivity index (χ4v) is 6.82. The van der Waals surface area contributed by atoms with Crippen LogP contribution in [0.2, 0.25) is 0 Å². The molecule has 4 aliphatic rings. The van der Waals surface area contributed by atoms with E-state index in [-0.39, 0.29) is 31.0 Å². The first kappa shape index (κ1) is 22.1. The number of hydrogen-bond acceptors (Lipinski definition) is 4. The summed E-state index contributed by atoms with van der Waals surface area (Å²) >= 11 is 0. The second-order valence-electron chi connectivity index (χ2n) is 10.6. The van der Waals surface area contributed by atoms with E-state index in [4.69, 9.17) is 4.74 Å². The van der Waals surface area contributed by atoms with Gasteiger partial charge in [-0.3, -0.25) is 4.79 Å². The van der Waals surface area contributed by atoms with Gasteiger partial charge >= 0.3 is 12.1 Å². The predicted octanol–water partition coefficient (Wildman–Crippen LogP) is 4.30. The summed E-state index contributed by atoms with van der Waals surface area (Å²) in [6.07, 6.45) is 4.22. The largest absolute Gasteiger partial charge is 0.479 e. The first-order valence-corrected chi connectivity index (χ1v) is 12.6. The molecule has 2 saturated heterocycles. The van der Waals surface area contributed by atoms with Crippen molar-refractivity contribution < 1.29 is 24.2 Å². The zero-order chi connectivity index (χ0) is 24.2. The van der Waals surface area contributed by atoms with Crippen LogP contribution in [-0.4, -0.2) is 52.7 Å². The molecular weight excluding hydrogens is 444 g/mol. The van der Waals surface area contributed by atoms with Crippen LogP contribution in [0.4, 0.5) is 4.79 Å². The number of benzene rings is 2. The molecule has 0 unspecified atom stereocenters. The van der Waals surface area contributed by atoms with E-state index in [1.807, 2.05) is 24.3 Å². The van der Waals surface area contributed by atoms with E-state index in [0.717, 1.165) is 30.4 Å². The van der Waals surface area contributed by atoms with E-state index in [0.29, 0.717) is 25.7 Å². The standard InChI is InChI=1S/C28H30N2O5/c31-24(30-18-10-14-28(30,15-11-18)25(32)33)27(12-5-13-27)17-29-26(34)35-16-23-21-8-3-1-6-19(21)20-7-2-4-9-22(20)23/h1-4,6-9,18,23H,5,10-17H2,(H,29,34)(H,32,33). The van der Waals surface area contributed by atoms with Crippen LogP contribution < -0.4 is 5.32 Å². The summed E-state index contributed by atoms with van der Waals surface area (Å²) in [7, 11) is 0. The van der Waals surface area contributed by atoms with Gasteiger partial charge in [0.05, 0.1) is 5.41 Å². The lowest BCUT2D eigenvalue weighted by atomic mass is 9.67. The number of nitrogens with one attached hydrogen (secondary N) is 1. The molecule has 2 aromatic rings. The van der Waals surface area contributed by atoms with E-state index < -0.39 is 23.0 Å². The molecule has 7 heteroatoms. The quantitative estimate of drug-likeness (QED) is 0.651. The Labute approximate surface area is 204 Å². The first-order chi connectivity index (χ1) is 17.0. The molecule has 3 fully saturated rings. The molecule has 6 rings (SSSR count). The van der Waals surface area contributed by atoms with Gasteiger partial charge in [-0.05, 0) is 60.8 Å². The Balaban J connectivity index is 1.12. The predicted molar refractivity (Wildman–Crippen MR) is 129 cm³/mol. The van der Waals surface area contributed by atoms with Crippen LogP contribution in [0.1, 0.15) is 62.0 Å². The first-order valence-electron chi connectivity index (χ1n) is 12.6. The summed E-state index contributed by atoms with van der Waals surface area (Å²) in [4.78, 5) is 40.1. The molecular formula is C28H30N2O5. The molecule has 2 aliphatic carbocycles. The van der Waals surface area contributed by atoms with Crippen LogP contribution >= 0.6 is 0 Å². The highest BCUT2D eigenvalue weighted by molar-refractivity contribution is 5.92. The number of carbonyl (C=O) groups excluding carboxylic acids is 2. The maximum Gasteiger partial charge on any atom is 0.407 e. The number of aliphatic carboxylic acids is 1. The molecule has 2 aliphatic heterocycles. The number of nitrogens with zero attached hydrogens (tertiary/aromatic N) is 1. The molecule has 2 N–H and O–H groups in total. The SMILES string of the molecule is O=C(NCC1(C(=O)N2C3CCC2(C(=O)O)CC3)CCC1)OCC1c2ccccc2-c2ccccc21. The fourth-order valence-electron chi connectivity index (χ4n) is 6.82. The van der Waals surface area contributed by atoms with Gasteiger partial charge in [-0.25, -0.2) is 9.59 Å². The Bertz CT molecular complexity index is 1150. The number of carbonyl (C=O) groups is 3. The third-order valence-electron chi connectivity index (χ3n) is 8.90. The van der Waals surface area contributed by atoms with Crippen molar-refractivity contribution in [2.45, 2.75) is 62.4 Å². The van der Waals surface area contributed by atoms with Gasteiger partial charge in [-0.2, -0.15) is 0 Å². The van der Waals surface area contributed by atoms with Gasteiger partial charge in [0.1, 0.15) is 12.1 Å². The van der Waals surface area contributed by atoms with Crippen LogP contribution in [0.3, 0.4) is 0 Å². The second-order valence-corrected chi connectivity index (χ2v) is 10.6. The van der Waals surface area contributed by atoms with Crippen molar-refractivity contribution in [3.8, 4) is 11.1 Å². The van der Waals surface area contributed by atoms with Crippen molar-refractivity contribution in [1.29, 1.82) is 0 Å². The van der Waals surface area contributed by atoms with Crippen molar-refractivity contribution >= 4 is 18.0 Å². The average Bonchev–Trinajstić information content (AvgIpc) is 3.51. The average molecular weight is 475 g/mol. The monoisotopic (exact) mass is 474 g/mol. The van der Waals surface area contributed by atoms with Crippen molar-refractivity contribution in [2.24, 2.45) is 5.41 Å². The summed E-state index contributed by atoms with van der Waals surface area (Å²) < 4.78 is 5.65. The number of hydrogen-bond donors (Lipinski definition) is 2. The maximum absolute atomic E-state index is 13.6. The Morgan fingerprint density at radius 1 is 0.943 bits per heavy atom. The molecule has 0 spiro atoms. The number of fused-ring (bicyclic) bond motifs is 5. The maximum atomic E-state index is 13.6. The van der Waals surface area contributed by atoms with Crippen molar-refractivity contribution in [3.63, 3.8) is 0 Å². The summed E-state index contributed by atoms with van der Waals surface area (Å²) in [6.45, 7) is 0.401. The third kappa shape index (κ3) is 3.27. The second kappa shape index (κ2) is 8.11. The molecule has 2 aromatic carbocycles. The lowest BCUT2D eigenvalue weighted by molar-refractivity contribution is -0.162. The van der Waals surface area contributed by atoms with Gasteiger partial charge in [-0.1, -0.05) is 55.0 Å². The van der Waals surface area contributed by atoms with Crippen LogP contribution in [-0.2, 0) is 14.3 Å². The van der Waals surface area contributed by atoms with Crippen LogP contribution in [0, 0.1) is 5.41 Å². The minimum Gasteiger partial charge on any atom is -0.479 e. The molecule has 0 radical (unpaired) electrons. The van der Waals surface area contributed by atoms with E-state index >= 15 is 0 Å². The van der Waals surface area contributed by atoms with Crippen molar-refractivity contribution in [3.05, 3.63) is 59.7 Å². The van der Waals surface area contributed by atoms with E-state index in [2.05, 4.69) is 29.6 Å². The van der Waals surface area contributed by atoms with E-state index in [1.165, 1.54) is 11.1 Å². The van der Waals surface area contributed by atoms with Crippen molar-refractivity contribution in [1.82, 2.24) is 10.2 Å². The molecule has 35 heavy (non-hydrogen) atoms. The lowest BCUT2D eigenvalue weighted by Gasteiger charge is -2.45. The van der Waals surface area contributed by atoms with E-state index in [1.54, 1.807) is 4.90 Å². The summed E-state index contributed by atoms with van der Waals surface area (Å²) in [6, 6.07) is 16.4. The minimum atomic E-state index is -1.06. The summed E-state index contributed by atoms with van der Waals surface area (Å²) in [5.74, 6) is -1.03. The topological polar surface area (TPSA) is 95.9 Å². The lowest BCUT2D eigenvalue weighted by Crippen LogP contribution is -2.60. The van der Waals surface area contributed by atoms with Gasteiger partial charge < -0.3 is 20.1 Å². The highest BCUT2D eigenvalue weighted by Gasteiger charge is 2.62. The number of ether oxygens (including phenoxy) is 1. The molecule has 1 saturated carbocycles. The smallest absolute Gasteiger partial charge is 0.407 e. The molecule has 182 valence electrons. The Morgan fingerprint density at radius 3 is 2.09 bits per heavy atom. The summed E-state index contributed by atoms with van der Waals surface area (Å²) in [5, 5.41) is 12.8. The van der Waals surface area contributed by atoms with Crippen LogP contribution in [0.25, 0.3) is 11.1 Å². The minimum absolute atomic E-state index is 0.00512. The molecule has 0 atom stereocenters. The van der Waals surface area contributed by atoms with Crippen LogP contribution in [0.5, 0.6) is 0 Å². The Kier molecular flexibility index (Phi) is 5.13. The van der Waals surface area contributed by atoms with Gasteiger partial charge in [0, 0.05) is 18.5 Å². The molecule has 0 aromatic heterocycles. The van der Waals surface area contributed by atoms with Gasteiger partial charge in [0.15, 0.2) is 0 Å². The van der Waals surface area contributed by atoms with Crippen molar-refractivity contribution in [2.75, 3.05) is 13.2 Å². The van der Waals surface area contributed by atoms with Crippen LogP contribution in [0.15, 0.2) is 48.5 Å². The Hall–Kier alpha value is -3.35. The molecule has 2 amide bonds. The van der Waals surface area contributed by atoms with Gasteiger partial charge in [0.25, 0.3) is 0 Å². The number of carboxylic acids is 1. The van der Waals surface area contributed by atoms with Gasteiger partial charge in [-0.15, -0.1) is 0 Å². The highest BCUT2D eigenvalue weighted by Crippen LogP contribution is 2.52. The highest BCUT2D eigenvalue weighted by atomic mass is 16.5. The fraction of sp³-hybridized carbons (Fsp3) is 0.464. The normalized spacial score (nSPS) is 25.5. The molecule has 7 nitrogen and oxygen atoms in total. The molecule has 2 heterocycles. The number of amides is 2. The Morgan fingerprint density at radius 2 is 1.54 bits per heavy atom. The van der Waals surface area contributed by atoms with Gasteiger partial charge in [0.2, 0.25) is 5.91 Å². The number of rotatable bonds is 6. The zero-order valence-corrected chi connectivity index (χ0v) is 19.7. The van der Waals surface area contributed by atoms with E-state index in [9.17, 15) is 19.5 Å². The number of carboxylic acid groups (broad SMARTS) is 1.